The van der Waals surface area contributed by atoms with Crippen LogP contribution in [0.4, 0.5) is 0 Å². The van der Waals surface area contributed by atoms with Crippen molar-refractivity contribution in [2.24, 2.45) is 23.2 Å². The molecule has 0 heterocycles. The van der Waals surface area contributed by atoms with Gasteiger partial charge in [-0.05, 0) is 74.5 Å². The molecule has 0 radical (unpaired) electrons. The minimum Gasteiger partial charge on any atom is -0.499 e. The predicted molar refractivity (Wildman–Crippen MR) is 124 cm³/mol. The van der Waals surface area contributed by atoms with Crippen LogP contribution >= 0.6 is 0 Å². The van der Waals surface area contributed by atoms with E-state index in [4.69, 9.17) is 4.74 Å². The smallest absolute Gasteiger partial charge is 0.0888 e. The first kappa shape index (κ1) is 23.8. The first-order valence-corrected chi connectivity index (χ1v) is 12.9. The summed E-state index contributed by atoms with van der Waals surface area (Å²) in [6, 6.07) is 0. The summed E-state index contributed by atoms with van der Waals surface area (Å²) in [6.07, 6.45) is 23.6. The second kappa shape index (κ2) is 13.0. The van der Waals surface area contributed by atoms with Gasteiger partial charge in [0, 0.05) is 6.42 Å². The molecule has 1 nitrogen and oxygen atoms in total. The van der Waals surface area contributed by atoms with Gasteiger partial charge in [0.25, 0.3) is 0 Å². The monoisotopic (exact) mass is 390 g/mol. The van der Waals surface area contributed by atoms with E-state index < -0.39 is 0 Å². The van der Waals surface area contributed by atoms with Gasteiger partial charge in [0.1, 0.15) is 0 Å². The van der Waals surface area contributed by atoms with E-state index in [2.05, 4.69) is 27.4 Å². The fourth-order valence-electron chi connectivity index (χ4n) is 6.06. The summed E-state index contributed by atoms with van der Waals surface area (Å²) < 4.78 is 6.03. The van der Waals surface area contributed by atoms with E-state index in [1.54, 1.807) is 0 Å². The first-order valence-electron chi connectivity index (χ1n) is 12.9. The third-order valence-corrected chi connectivity index (χ3v) is 7.98. The summed E-state index contributed by atoms with van der Waals surface area (Å²) in [7, 11) is 0. The van der Waals surface area contributed by atoms with E-state index >= 15 is 0 Å². The maximum Gasteiger partial charge on any atom is 0.0888 e. The van der Waals surface area contributed by atoms with Crippen molar-refractivity contribution in [3.8, 4) is 0 Å². The minimum atomic E-state index is 0.644. The van der Waals surface area contributed by atoms with Crippen molar-refractivity contribution >= 4 is 0 Å². The van der Waals surface area contributed by atoms with E-state index in [1.165, 1.54) is 103 Å². The maximum absolute atomic E-state index is 6.03. The molecule has 2 aliphatic rings. The third-order valence-electron chi connectivity index (χ3n) is 7.98. The summed E-state index contributed by atoms with van der Waals surface area (Å²) in [5, 5.41) is 0. The number of ether oxygens (including phenoxy) is 1. The van der Waals surface area contributed by atoms with Crippen LogP contribution in [-0.2, 0) is 4.74 Å². The second-order valence-electron chi connectivity index (χ2n) is 10.5. The van der Waals surface area contributed by atoms with E-state index in [1.807, 2.05) is 0 Å². The molecule has 0 amide bonds. The maximum atomic E-state index is 6.03. The molecule has 1 heteroatoms. The van der Waals surface area contributed by atoms with Crippen LogP contribution in [0.1, 0.15) is 130 Å². The van der Waals surface area contributed by atoms with Crippen LogP contribution in [0.3, 0.4) is 0 Å². The highest BCUT2D eigenvalue weighted by molar-refractivity contribution is 4.90. The van der Waals surface area contributed by atoms with E-state index in [-0.39, 0.29) is 0 Å². The third kappa shape index (κ3) is 8.50. The van der Waals surface area contributed by atoms with Gasteiger partial charge < -0.3 is 4.74 Å². The predicted octanol–water partition coefficient (Wildman–Crippen LogP) is 9.07. The molecule has 0 spiro atoms. The molecular weight excluding hydrogens is 340 g/mol. The number of allylic oxidation sites excluding steroid dienone is 1. The van der Waals surface area contributed by atoms with Gasteiger partial charge in [-0.3, -0.25) is 0 Å². The molecule has 2 rings (SSSR count). The average molecular weight is 391 g/mol. The lowest BCUT2D eigenvalue weighted by molar-refractivity contribution is 0.132. The Labute approximate surface area is 177 Å². The van der Waals surface area contributed by atoms with Crippen molar-refractivity contribution in [2.75, 3.05) is 6.61 Å². The van der Waals surface area contributed by atoms with Crippen LogP contribution in [-0.4, -0.2) is 6.61 Å². The lowest BCUT2D eigenvalue weighted by atomic mass is 9.70. The lowest BCUT2D eigenvalue weighted by Crippen LogP contribution is -2.24. The minimum absolute atomic E-state index is 0.644. The molecule has 2 saturated carbocycles. The second-order valence-corrected chi connectivity index (χ2v) is 10.5. The fourth-order valence-corrected chi connectivity index (χ4v) is 6.06. The van der Waals surface area contributed by atoms with Crippen molar-refractivity contribution in [1.82, 2.24) is 0 Å². The lowest BCUT2D eigenvalue weighted by Gasteiger charge is -2.36. The standard InChI is InChI=1S/C27H50O/c1-5-7-12-23(3)13-8-9-14-24(4)28-20-11-18-27-17-10-15-26(16-19-27)21-25(6-2)22-27/h23,25-26H,4-22H2,1-3H3. The topological polar surface area (TPSA) is 9.23 Å². The Kier molecular flexibility index (Phi) is 11.0. The van der Waals surface area contributed by atoms with Crippen molar-refractivity contribution in [1.29, 1.82) is 0 Å². The van der Waals surface area contributed by atoms with Gasteiger partial charge >= 0.3 is 0 Å². The number of hydrogen-bond donors (Lipinski definition) is 0. The van der Waals surface area contributed by atoms with Crippen LogP contribution in [0.15, 0.2) is 12.3 Å². The van der Waals surface area contributed by atoms with Crippen molar-refractivity contribution < 1.29 is 4.74 Å². The van der Waals surface area contributed by atoms with Gasteiger partial charge in [0.05, 0.1) is 12.4 Å². The summed E-state index contributed by atoms with van der Waals surface area (Å²) in [6.45, 7) is 12.2. The van der Waals surface area contributed by atoms with Crippen molar-refractivity contribution in [3.63, 3.8) is 0 Å². The molecule has 0 aliphatic heterocycles. The molecule has 2 fully saturated rings. The van der Waals surface area contributed by atoms with Crippen LogP contribution in [0.5, 0.6) is 0 Å². The molecule has 0 aromatic rings. The van der Waals surface area contributed by atoms with Crippen LogP contribution in [0.2, 0.25) is 0 Å². The highest BCUT2D eigenvalue weighted by Gasteiger charge is 2.38. The van der Waals surface area contributed by atoms with E-state index in [0.717, 1.165) is 36.5 Å². The molecule has 0 saturated heterocycles. The number of fused-ring (bicyclic) bond motifs is 3. The highest BCUT2D eigenvalue weighted by atomic mass is 16.5. The largest absolute Gasteiger partial charge is 0.499 e. The van der Waals surface area contributed by atoms with Crippen LogP contribution in [0, 0.1) is 23.2 Å². The average Bonchev–Trinajstić information content (AvgIpc) is 2.98. The first-order chi connectivity index (χ1) is 13.6. The summed E-state index contributed by atoms with van der Waals surface area (Å²) in [5.41, 5.74) is 0.644. The van der Waals surface area contributed by atoms with E-state index in [9.17, 15) is 0 Å². The summed E-state index contributed by atoms with van der Waals surface area (Å²) in [5.74, 6) is 3.95. The number of hydrogen-bond acceptors (Lipinski definition) is 1. The molecule has 4 unspecified atom stereocenters. The molecule has 0 aromatic heterocycles. The van der Waals surface area contributed by atoms with Gasteiger partial charge in [0.2, 0.25) is 0 Å². The normalized spacial score (nSPS) is 28.5. The van der Waals surface area contributed by atoms with Gasteiger partial charge in [0.15, 0.2) is 0 Å². The summed E-state index contributed by atoms with van der Waals surface area (Å²) in [4.78, 5) is 0. The van der Waals surface area contributed by atoms with Crippen LogP contribution in [0.25, 0.3) is 0 Å². The Bertz CT molecular complexity index is 428. The molecule has 0 N–H and O–H groups in total. The van der Waals surface area contributed by atoms with Gasteiger partial charge in [-0.25, -0.2) is 0 Å². The molecule has 28 heavy (non-hydrogen) atoms. The Morgan fingerprint density at radius 3 is 2.68 bits per heavy atom. The fraction of sp³-hybridized carbons (Fsp3) is 0.926. The van der Waals surface area contributed by atoms with Crippen LogP contribution < -0.4 is 0 Å². The quantitative estimate of drug-likeness (QED) is 0.212. The van der Waals surface area contributed by atoms with E-state index in [0.29, 0.717) is 5.41 Å². The number of unbranched alkanes of at least 4 members (excludes halogenated alkanes) is 2. The highest BCUT2D eigenvalue weighted by Crippen LogP contribution is 2.51. The molecule has 164 valence electrons. The zero-order valence-corrected chi connectivity index (χ0v) is 19.6. The van der Waals surface area contributed by atoms with Gasteiger partial charge in [-0.1, -0.05) is 78.7 Å². The zero-order valence-electron chi connectivity index (χ0n) is 19.6. The zero-order chi connectivity index (χ0) is 20.2. The SMILES string of the molecule is C=C(CCCCC(C)CCCC)OCCCC12CCCC(CC1)CC(CC)C2. The molecule has 0 aromatic carbocycles. The Hall–Kier alpha value is -0.460. The van der Waals surface area contributed by atoms with Crippen molar-refractivity contribution in [3.05, 3.63) is 12.3 Å². The Balaban J connectivity index is 1.59. The Morgan fingerprint density at radius 2 is 1.89 bits per heavy atom. The Morgan fingerprint density at radius 1 is 1.07 bits per heavy atom. The molecular formula is C27H50O. The van der Waals surface area contributed by atoms with Gasteiger partial charge in [-0.2, -0.15) is 0 Å². The molecule has 2 bridgehead atoms. The van der Waals surface area contributed by atoms with Crippen molar-refractivity contribution in [2.45, 2.75) is 130 Å². The van der Waals surface area contributed by atoms with Gasteiger partial charge in [-0.15, -0.1) is 0 Å². The molecule has 2 aliphatic carbocycles. The molecule has 4 atom stereocenters. The number of rotatable bonds is 14. The summed E-state index contributed by atoms with van der Waals surface area (Å²) >= 11 is 0.